The first-order chi connectivity index (χ1) is 13.9. The normalized spacial score (nSPS) is 15.6. The minimum Gasteiger partial charge on any atom is -0.497 e. The highest BCUT2D eigenvalue weighted by molar-refractivity contribution is 9.10. The average molecular weight is 478 g/mol. The van der Waals surface area contributed by atoms with Gasteiger partial charge in [-0.2, -0.15) is 4.31 Å². The minimum atomic E-state index is -3.60. The molecule has 1 N–H and O–H groups in total. The molecule has 0 saturated carbocycles. The topological polar surface area (TPSA) is 82.7 Å². The van der Waals surface area contributed by atoms with E-state index < -0.39 is 10.0 Å². The van der Waals surface area contributed by atoms with Crippen LogP contribution in [0.25, 0.3) is 10.9 Å². The fourth-order valence-corrected chi connectivity index (χ4v) is 5.25. The molecule has 0 unspecified atom stereocenters. The number of benzene rings is 2. The molecule has 0 radical (unpaired) electrons. The van der Waals surface area contributed by atoms with Crippen LogP contribution in [0.5, 0.6) is 5.75 Å². The largest absolute Gasteiger partial charge is 0.497 e. The monoisotopic (exact) mass is 477 g/mol. The van der Waals surface area contributed by atoms with E-state index in [0.717, 1.165) is 15.4 Å². The molecule has 1 aliphatic rings. The number of hydrogen-bond acceptors (Lipinski definition) is 4. The van der Waals surface area contributed by atoms with Gasteiger partial charge in [0.1, 0.15) is 5.75 Å². The Morgan fingerprint density at radius 2 is 1.76 bits per heavy atom. The van der Waals surface area contributed by atoms with E-state index in [1.807, 2.05) is 18.2 Å². The van der Waals surface area contributed by atoms with Gasteiger partial charge in [0.15, 0.2) is 0 Å². The van der Waals surface area contributed by atoms with Crippen LogP contribution in [-0.4, -0.2) is 61.8 Å². The molecule has 0 aliphatic carbocycles. The Bertz CT molecular complexity index is 1150. The number of carbonyl (C=O) groups is 1. The maximum absolute atomic E-state index is 13.0. The number of sulfonamides is 1. The second-order valence-corrected chi connectivity index (χ2v) is 9.62. The number of ether oxygens (including phenoxy) is 1. The number of methoxy groups -OCH3 is 1. The van der Waals surface area contributed by atoms with Crippen molar-refractivity contribution in [1.82, 2.24) is 14.2 Å². The molecular weight excluding hydrogens is 458 g/mol. The third-order valence-electron chi connectivity index (χ3n) is 5.10. The third-order valence-corrected chi connectivity index (χ3v) is 7.50. The first kappa shape index (κ1) is 19.9. The van der Waals surface area contributed by atoms with Gasteiger partial charge in [-0.3, -0.25) is 4.79 Å². The van der Waals surface area contributed by atoms with Crippen LogP contribution in [0.1, 0.15) is 10.4 Å². The molecule has 0 atom stereocenters. The van der Waals surface area contributed by atoms with Crippen LogP contribution in [0.3, 0.4) is 0 Å². The van der Waals surface area contributed by atoms with Crippen LogP contribution in [0.2, 0.25) is 0 Å². The van der Waals surface area contributed by atoms with Crippen molar-refractivity contribution in [1.29, 1.82) is 0 Å². The number of aromatic nitrogens is 1. The summed E-state index contributed by atoms with van der Waals surface area (Å²) < 4.78 is 33.2. The molecule has 0 spiro atoms. The Morgan fingerprint density at radius 1 is 1.07 bits per heavy atom. The van der Waals surface area contributed by atoms with Gasteiger partial charge in [-0.15, -0.1) is 0 Å². The van der Waals surface area contributed by atoms with Crippen LogP contribution in [0.15, 0.2) is 58.0 Å². The van der Waals surface area contributed by atoms with Gasteiger partial charge in [-0.25, -0.2) is 8.42 Å². The third kappa shape index (κ3) is 3.77. The molecule has 1 aliphatic heterocycles. The summed E-state index contributed by atoms with van der Waals surface area (Å²) in [4.78, 5) is 18.0. The zero-order chi connectivity index (χ0) is 20.6. The number of nitrogens with one attached hydrogen (secondary N) is 1. The molecule has 1 aromatic heterocycles. The fraction of sp³-hybridized carbons (Fsp3) is 0.250. The lowest BCUT2D eigenvalue weighted by Gasteiger charge is -2.34. The molecule has 29 heavy (non-hydrogen) atoms. The van der Waals surface area contributed by atoms with Gasteiger partial charge >= 0.3 is 0 Å². The van der Waals surface area contributed by atoms with Crippen LogP contribution in [-0.2, 0) is 10.0 Å². The van der Waals surface area contributed by atoms with Crippen molar-refractivity contribution in [2.24, 2.45) is 0 Å². The molecule has 0 bridgehead atoms. The molecular formula is C20H20BrN3O4S. The zero-order valence-electron chi connectivity index (χ0n) is 15.8. The van der Waals surface area contributed by atoms with Gasteiger partial charge in [0.05, 0.1) is 17.6 Å². The summed E-state index contributed by atoms with van der Waals surface area (Å²) in [5.74, 6) is 0.501. The number of amides is 1. The van der Waals surface area contributed by atoms with Crippen molar-refractivity contribution in [3.63, 3.8) is 0 Å². The lowest BCUT2D eigenvalue weighted by Crippen LogP contribution is -2.50. The maximum Gasteiger partial charge on any atom is 0.256 e. The Labute approximate surface area is 177 Å². The van der Waals surface area contributed by atoms with Gasteiger partial charge < -0.3 is 14.6 Å². The number of halogens is 1. The first-order valence-corrected chi connectivity index (χ1v) is 11.3. The van der Waals surface area contributed by atoms with Crippen molar-refractivity contribution >= 4 is 42.8 Å². The summed E-state index contributed by atoms with van der Waals surface area (Å²) in [5, 5.41) is 0.845. The number of piperazine rings is 1. The molecule has 152 valence electrons. The quantitative estimate of drug-likeness (QED) is 0.625. The predicted molar refractivity (Wildman–Crippen MR) is 114 cm³/mol. The highest BCUT2D eigenvalue weighted by Gasteiger charge is 2.31. The molecule has 1 saturated heterocycles. The Morgan fingerprint density at radius 3 is 2.41 bits per heavy atom. The van der Waals surface area contributed by atoms with Crippen molar-refractivity contribution in [2.45, 2.75) is 4.90 Å². The van der Waals surface area contributed by atoms with E-state index in [4.69, 9.17) is 4.74 Å². The Hall–Kier alpha value is -2.36. The van der Waals surface area contributed by atoms with Gasteiger partial charge in [0.25, 0.3) is 5.91 Å². The average Bonchev–Trinajstić information content (AvgIpc) is 3.16. The number of hydrogen-bond donors (Lipinski definition) is 1. The summed E-state index contributed by atoms with van der Waals surface area (Å²) in [7, 11) is -2.07. The lowest BCUT2D eigenvalue weighted by molar-refractivity contribution is 0.0700. The van der Waals surface area contributed by atoms with E-state index in [1.165, 1.54) is 23.5 Å². The number of nitrogens with zero attached hydrogens (tertiary/aromatic N) is 2. The standard InChI is InChI=1S/C20H20BrN3O4S/c1-28-15-3-5-16(6-4-15)29(26,27)24-10-8-23(9-11-24)20(25)18-13-22-19-7-2-14(21)12-17(18)19/h2-7,12-13,22H,8-11H2,1H3. The minimum absolute atomic E-state index is 0.101. The van der Waals surface area contributed by atoms with E-state index in [2.05, 4.69) is 20.9 Å². The number of aromatic amines is 1. The summed E-state index contributed by atoms with van der Waals surface area (Å²) in [6.07, 6.45) is 1.71. The number of carbonyl (C=O) groups excluding carboxylic acids is 1. The van der Waals surface area contributed by atoms with Crippen LogP contribution in [0.4, 0.5) is 0 Å². The zero-order valence-corrected chi connectivity index (χ0v) is 18.2. The SMILES string of the molecule is COc1ccc(S(=O)(=O)N2CCN(C(=O)c3c[nH]c4ccc(Br)cc34)CC2)cc1. The van der Waals surface area contributed by atoms with Crippen molar-refractivity contribution < 1.29 is 17.9 Å². The molecule has 4 rings (SSSR count). The number of rotatable bonds is 4. The Kier molecular flexibility index (Phi) is 5.37. The van der Waals surface area contributed by atoms with Crippen molar-refractivity contribution in [3.8, 4) is 5.75 Å². The van der Waals surface area contributed by atoms with Gasteiger partial charge in [0, 0.05) is 47.8 Å². The van der Waals surface area contributed by atoms with E-state index in [9.17, 15) is 13.2 Å². The summed E-state index contributed by atoms with van der Waals surface area (Å²) in [6.45, 7) is 1.20. The lowest BCUT2D eigenvalue weighted by atomic mass is 10.1. The maximum atomic E-state index is 13.0. The van der Waals surface area contributed by atoms with E-state index in [-0.39, 0.29) is 23.9 Å². The van der Waals surface area contributed by atoms with Gasteiger partial charge in [-0.05, 0) is 42.5 Å². The fourth-order valence-electron chi connectivity index (χ4n) is 3.47. The molecule has 1 fully saturated rings. The van der Waals surface area contributed by atoms with E-state index in [0.29, 0.717) is 24.4 Å². The van der Waals surface area contributed by atoms with Crippen LogP contribution in [0, 0.1) is 0 Å². The second-order valence-electron chi connectivity index (χ2n) is 6.76. The first-order valence-electron chi connectivity index (χ1n) is 9.10. The predicted octanol–water partition coefficient (Wildman–Crippen LogP) is 3.09. The van der Waals surface area contributed by atoms with E-state index >= 15 is 0 Å². The molecule has 1 amide bonds. The molecule has 2 heterocycles. The highest BCUT2D eigenvalue weighted by atomic mass is 79.9. The molecule has 3 aromatic rings. The molecule has 9 heteroatoms. The van der Waals surface area contributed by atoms with Crippen LogP contribution >= 0.6 is 15.9 Å². The molecule has 2 aromatic carbocycles. The highest BCUT2D eigenvalue weighted by Crippen LogP contribution is 2.25. The van der Waals surface area contributed by atoms with Gasteiger partial charge in [0.2, 0.25) is 10.0 Å². The van der Waals surface area contributed by atoms with Gasteiger partial charge in [-0.1, -0.05) is 15.9 Å². The summed E-state index contributed by atoms with van der Waals surface area (Å²) in [6, 6.07) is 12.1. The number of fused-ring (bicyclic) bond motifs is 1. The van der Waals surface area contributed by atoms with Crippen LogP contribution < -0.4 is 4.74 Å². The summed E-state index contributed by atoms with van der Waals surface area (Å²) >= 11 is 3.44. The molecule has 7 nitrogen and oxygen atoms in total. The smallest absolute Gasteiger partial charge is 0.256 e. The van der Waals surface area contributed by atoms with Crippen molar-refractivity contribution in [3.05, 3.63) is 58.7 Å². The summed E-state index contributed by atoms with van der Waals surface area (Å²) in [5.41, 5.74) is 1.48. The second kappa shape index (κ2) is 7.81. The Balaban J connectivity index is 1.48. The van der Waals surface area contributed by atoms with E-state index in [1.54, 1.807) is 23.2 Å². The van der Waals surface area contributed by atoms with Crippen molar-refractivity contribution in [2.75, 3.05) is 33.3 Å². The number of H-pyrrole nitrogens is 1.